The zero-order chi connectivity index (χ0) is 18.8. The highest BCUT2D eigenvalue weighted by molar-refractivity contribution is 5.86. The van der Waals surface area contributed by atoms with Crippen molar-refractivity contribution in [2.24, 2.45) is 5.92 Å². The number of hydrogen-bond donors (Lipinski definition) is 0. The number of unbranched alkanes of at least 4 members (excludes halogenated alkanes) is 3. The third-order valence-electron chi connectivity index (χ3n) is 5.26. The summed E-state index contributed by atoms with van der Waals surface area (Å²) in [5.41, 5.74) is 1.93. The van der Waals surface area contributed by atoms with E-state index >= 15 is 0 Å². The maximum Gasteiger partial charge on any atom is 0.333 e. The molecule has 0 unspecified atom stereocenters. The second kappa shape index (κ2) is 11.1. The zero-order valence-corrected chi connectivity index (χ0v) is 16.5. The van der Waals surface area contributed by atoms with Crippen LogP contribution in [0.5, 0.6) is 5.75 Å². The first-order valence-electron chi connectivity index (χ1n) is 10.1. The van der Waals surface area contributed by atoms with Gasteiger partial charge in [0.1, 0.15) is 5.75 Å². The second-order valence-electron chi connectivity index (χ2n) is 7.70. The molecule has 0 aliphatic heterocycles. The van der Waals surface area contributed by atoms with Gasteiger partial charge < -0.3 is 9.47 Å². The van der Waals surface area contributed by atoms with Crippen LogP contribution in [0.2, 0.25) is 0 Å². The minimum absolute atomic E-state index is 0.292. The summed E-state index contributed by atoms with van der Waals surface area (Å²) in [7, 11) is 0. The van der Waals surface area contributed by atoms with Crippen molar-refractivity contribution in [2.75, 3.05) is 13.2 Å². The minimum Gasteiger partial charge on any atom is -0.494 e. The highest BCUT2D eigenvalue weighted by Crippen LogP contribution is 2.35. The van der Waals surface area contributed by atoms with Gasteiger partial charge in [0.05, 0.1) is 13.2 Å². The molecule has 0 spiro atoms. The third kappa shape index (κ3) is 7.23. The van der Waals surface area contributed by atoms with Crippen LogP contribution >= 0.6 is 0 Å². The van der Waals surface area contributed by atoms with Gasteiger partial charge in [-0.2, -0.15) is 0 Å². The van der Waals surface area contributed by atoms with Crippen molar-refractivity contribution < 1.29 is 14.3 Å². The van der Waals surface area contributed by atoms with Crippen LogP contribution in [0.3, 0.4) is 0 Å². The molecule has 0 bridgehead atoms. The average molecular weight is 359 g/mol. The molecule has 1 saturated carbocycles. The predicted octanol–water partition coefficient (Wildman–Crippen LogP) is 6.04. The van der Waals surface area contributed by atoms with Gasteiger partial charge in [-0.05, 0) is 75.0 Å². The van der Waals surface area contributed by atoms with E-state index in [2.05, 4.69) is 37.8 Å². The van der Waals surface area contributed by atoms with E-state index in [1.54, 1.807) is 6.92 Å². The first-order valence-corrected chi connectivity index (χ1v) is 10.1. The van der Waals surface area contributed by atoms with E-state index in [0.29, 0.717) is 12.2 Å². The van der Waals surface area contributed by atoms with Gasteiger partial charge in [0.15, 0.2) is 0 Å². The monoisotopic (exact) mass is 358 g/mol. The molecule has 26 heavy (non-hydrogen) atoms. The first-order chi connectivity index (χ1) is 12.6. The largest absolute Gasteiger partial charge is 0.494 e. The fraction of sp³-hybridized carbons (Fsp3) is 0.609. The lowest BCUT2D eigenvalue weighted by atomic mass is 9.79. The lowest BCUT2D eigenvalue weighted by molar-refractivity contribution is -0.139. The SMILES string of the molecule is C=C(C)C(=O)OCCCCCCOc1ccc(C2CCC(C)CC2)cc1. The molecular formula is C23H34O3. The summed E-state index contributed by atoms with van der Waals surface area (Å²) < 4.78 is 10.9. The van der Waals surface area contributed by atoms with Crippen molar-refractivity contribution in [1.82, 2.24) is 0 Å². The summed E-state index contributed by atoms with van der Waals surface area (Å²) in [4.78, 5) is 11.2. The van der Waals surface area contributed by atoms with Crippen LogP contribution in [0.1, 0.15) is 76.7 Å². The standard InChI is InChI=1S/C23H34O3/c1-18(2)23(24)26-17-7-5-4-6-16-25-22-14-12-21(13-15-22)20-10-8-19(3)9-11-20/h12-15,19-20H,1,4-11,16-17H2,2-3H3. The van der Waals surface area contributed by atoms with Gasteiger partial charge in [-0.1, -0.05) is 38.5 Å². The summed E-state index contributed by atoms with van der Waals surface area (Å²) in [5, 5.41) is 0. The molecule has 1 fully saturated rings. The van der Waals surface area contributed by atoms with Crippen LogP contribution < -0.4 is 4.74 Å². The van der Waals surface area contributed by atoms with Crippen molar-refractivity contribution in [2.45, 2.75) is 71.1 Å². The Balaban J connectivity index is 1.54. The molecule has 0 aromatic heterocycles. The molecule has 0 saturated heterocycles. The highest BCUT2D eigenvalue weighted by atomic mass is 16.5. The van der Waals surface area contributed by atoms with Crippen LogP contribution in [0.4, 0.5) is 0 Å². The van der Waals surface area contributed by atoms with Crippen molar-refractivity contribution >= 4 is 5.97 Å². The van der Waals surface area contributed by atoms with Crippen LogP contribution in [0.15, 0.2) is 36.4 Å². The van der Waals surface area contributed by atoms with Crippen molar-refractivity contribution in [1.29, 1.82) is 0 Å². The summed E-state index contributed by atoms with van der Waals surface area (Å²) in [6.07, 6.45) is 9.41. The summed E-state index contributed by atoms with van der Waals surface area (Å²) in [6.45, 7) is 8.82. The Labute approximate surface area is 158 Å². The van der Waals surface area contributed by atoms with Gasteiger partial charge in [-0.15, -0.1) is 0 Å². The van der Waals surface area contributed by atoms with Crippen LogP contribution in [-0.4, -0.2) is 19.2 Å². The predicted molar refractivity (Wildman–Crippen MR) is 107 cm³/mol. The van der Waals surface area contributed by atoms with Gasteiger partial charge in [0.2, 0.25) is 0 Å². The number of carbonyl (C=O) groups is 1. The molecule has 0 amide bonds. The molecule has 1 aliphatic carbocycles. The molecule has 1 aliphatic rings. The van der Waals surface area contributed by atoms with E-state index in [1.807, 2.05) is 0 Å². The summed E-state index contributed by atoms with van der Waals surface area (Å²) in [5.74, 6) is 2.30. The molecule has 1 aromatic rings. The van der Waals surface area contributed by atoms with E-state index in [1.165, 1.54) is 31.2 Å². The average Bonchev–Trinajstić information content (AvgIpc) is 2.65. The Bertz CT molecular complexity index is 553. The Morgan fingerprint density at radius 1 is 1.00 bits per heavy atom. The van der Waals surface area contributed by atoms with Crippen LogP contribution in [0.25, 0.3) is 0 Å². The first kappa shape index (κ1) is 20.5. The fourth-order valence-electron chi connectivity index (χ4n) is 3.47. The lowest BCUT2D eigenvalue weighted by Crippen LogP contribution is -2.10. The number of rotatable bonds is 10. The molecule has 0 radical (unpaired) electrons. The Morgan fingerprint density at radius 3 is 2.23 bits per heavy atom. The Morgan fingerprint density at radius 2 is 1.62 bits per heavy atom. The Kier molecular flexibility index (Phi) is 8.73. The molecule has 2 rings (SSSR count). The minimum atomic E-state index is -0.292. The van der Waals surface area contributed by atoms with Crippen molar-refractivity contribution in [3.8, 4) is 5.75 Å². The Hall–Kier alpha value is -1.77. The summed E-state index contributed by atoms with van der Waals surface area (Å²) in [6, 6.07) is 8.72. The lowest BCUT2D eigenvalue weighted by Gasteiger charge is -2.26. The topological polar surface area (TPSA) is 35.5 Å². The van der Waals surface area contributed by atoms with Gasteiger partial charge >= 0.3 is 5.97 Å². The highest BCUT2D eigenvalue weighted by Gasteiger charge is 2.19. The molecule has 0 N–H and O–H groups in total. The van der Waals surface area contributed by atoms with Gasteiger partial charge in [0, 0.05) is 5.57 Å². The van der Waals surface area contributed by atoms with Crippen LogP contribution in [0, 0.1) is 5.92 Å². The van der Waals surface area contributed by atoms with Crippen molar-refractivity contribution in [3.05, 3.63) is 42.0 Å². The van der Waals surface area contributed by atoms with E-state index in [-0.39, 0.29) is 5.97 Å². The molecule has 0 heterocycles. The number of ether oxygens (including phenoxy) is 2. The smallest absolute Gasteiger partial charge is 0.333 e. The molecule has 3 heteroatoms. The quantitative estimate of drug-likeness (QED) is 0.291. The summed E-state index contributed by atoms with van der Waals surface area (Å²) >= 11 is 0. The van der Waals surface area contributed by atoms with E-state index in [4.69, 9.17) is 9.47 Å². The molecule has 0 atom stereocenters. The third-order valence-corrected chi connectivity index (χ3v) is 5.26. The van der Waals surface area contributed by atoms with Crippen LogP contribution in [-0.2, 0) is 9.53 Å². The van der Waals surface area contributed by atoms with Gasteiger partial charge in [-0.25, -0.2) is 4.79 Å². The van der Waals surface area contributed by atoms with Gasteiger partial charge in [0.25, 0.3) is 0 Å². The number of hydrogen-bond acceptors (Lipinski definition) is 3. The second-order valence-corrected chi connectivity index (χ2v) is 7.70. The molecule has 144 valence electrons. The number of carbonyl (C=O) groups excluding carboxylic acids is 1. The molecule has 1 aromatic carbocycles. The normalized spacial score (nSPS) is 19.8. The zero-order valence-electron chi connectivity index (χ0n) is 16.5. The van der Waals surface area contributed by atoms with Crippen molar-refractivity contribution in [3.63, 3.8) is 0 Å². The van der Waals surface area contributed by atoms with E-state index < -0.39 is 0 Å². The van der Waals surface area contributed by atoms with E-state index in [0.717, 1.165) is 49.9 Å². The molecular weight excluding hydrogens is 324 g/mol. The number of esters is 1. The maximum atomic E-state index is 11.2. The van der Waals surface area contributed by atoms with E-state index in [9.17, 15) is 4.79 Å². The van der Waals surface area contributed by atoms with Gasteiger partial charge in [-0.3, -0.25) is 0 Å². The fourth-order valence-corrected chi connectivity index (χ4v) is 3.47. The maximum absolute atomic E-state index is 11.2. The molecule has 3 nitrogen and oxygen atoms in total. The number of benzene rings is 1.